The van der Waals surface area contributed by atoms with Gasteiger partial charge in [-0.25, -0.2) is 4.79 Å². The number of esters is 1. The summed E-state index contributed by atoms with van der Waals surface area (Å²) in [5.74, 6) is -0.400. The molecule has 1 aromatic rings. The van der Waals surface area contributed by atoms with Gasteiger partial charge in [0.1, 0.15) is 6.29 Å². The minimum absolute atomic E-state index is 0.400. The van der Waals surface area contributed by atoms with Crippen LogP contribution in [-0.2, 0) is 9.53 Å². The van der Waals surface area contributed by atoms with Crippen molar-refractivity contribution in [2.24, 2.45) is 0 Å². The maximum atomic E-state index is 10.9. The topological polar surface area (TPSA) is 69.4 Å². The molecular formula is C17H27NO3. The number of hydrogen-bond acceptors (Lipinski definition) is 4. The molecule has 0 atom stereocenters. The summed E-state index contributed by atoms with van der Waals surface area (Å²) in [6.07, 6.45) is 9.39. The summed E-state index contributed by atoms with van der Waals surface area (Å²) >= 11 is 0. The van der Waals surface area contributed by atoms with Crippen molar-refractivity contribution in [1.29, 1.82) is 0 Å². The van der Waals surface area contributed by atoms with Crippen molar-refractivity contribution < 1.29 is 14.3 Å². The fourth-order valence-electron chi connectivity index (χ4n) is 1.80. The Morgan fingerprint density at radius 1 is 1.14 bits per heavy atom. The van der Waals surface area contributed by atoms with Crippen molar-refractivity contribution >= 4 is 17.9 Å². The number of carbonyl (C=O) groups excluding carboxylic acids is 2. The van der Waals surface area contributed by atoms with Gasteiger partial charge >= 0.3 is 5.97 Å². The number of para-hydroxylation sites is 1. The van der Waals surface area contributed by atoms with Gasteiger partial charge in [-0.1, -0.05) is 51.2 Å². The van der Waals surface area contributed by atoms with E-state index in [1.165, 1.54) is 39.2 Å². The third kappa shape index (κ3) is 9.66. The molecule has 21 heavy (non-hydrogen) atoms. The molecule has 0 spiro atoms. The minimum Gasteiger partial charge on any atom is -0.465 e. The summed E-state index contributed by atoms with van der Waals surface area (Å²) in [5.41, 5.74) is 6.35. The molecule has 0 aliphatic heterocycles. The van der Waals surface area contributed by atoms with E-state index in [0.717, 1.165) is 19.1 Å². The first-order valence-electron chi connectivity index (χ1n) is 7.53. The lowest BCUT2D eigenvalue weighted by Gasteiger charge is -2.00. The van der Waals surface area contributed by atoms with Crippen LogP contribution >= 0.6 is 0 Å². The second kappa shape index (κ2) is 13.2. The Morgan fingerprint density at radius 3 is 2.33 bits per heavy atom. The molecule has 118 valence electrons. The van der Waals surface area contributed by atoms with E-state index in [9.17, 15) is 9.59 Å². The fraction of sp³-hybridized carbons (Fsp3) is 0.529. The molecule has 0 heterocycles. The van der Waals surface area contributed by atoms with Crippen LogP contribution in [0, 0.1) is 0 Å². The van der Waals surface area contributed by atoms with Crippen LogP contribution in [0.3, 0.4) is 0 Å². The van der Waals surface area contributed by atoms with Crippen LogP contribution in [0.1, 0.15) is 62.2 Å². The smallest absolute Gasteiger partial charge is 0.339 e. The van der Waals surface area contributed by atoms with Crippen molar-refractivity contribution in [3.8, 4) is 0 Å². The average Bonchev–Trinajstić information content (AvgIpc) is 2.51. The maximum absolute atomic E-state index is 10.9. The highest BCUT2D eigenvalue weighted by Crippen LogP contribution is 2.10. The lowest BCUT2D eigenvalue weighted by molar-refractivity contribution is -0.107. The van der Waals surface area contributed by atoms with Gasteiger partial charge in [-0.15, -0.1) is 0 Å². The second-order valence-electron chi connectivity index (χ2n) is 4.80. The van der Waals surface area contributed by atoms with Crippen molar-refractivity contribution in [2.45, 2.75) is 51.9 Å². The Hall–Kier alpha value is -1.84. The van der Waals surface area contributed by atoms with Crippen LogP contribution in [0.5, 0.6) is 0 Å². The SMILES string of the molecule is CCCCCCCCC=O.COC(=O)c1ccccc1N. The Labute approximate surface area is 127 Å². The summed E-state index contributed by atoms with van der Waals surface area (Å²) in [4.78, 5) is 20.8. The highest BCUT2D eigenvalue weighted by atomic mass is 16.5. The molecule has 1 aromatic carbocycles. The van der Waals surface area contributed by atoms with Crippen molar-refractivity contribution in [1.82, 2.24) is 0 Å². The molecule has 4 heteroatoms. The molecule has 1 rings (SSSR count). The standard InChI is InChI=1S/C9H18O.C8H9NO2/c1-2-3-4-5-6-7-8-9-10;1-11-8(10)6-4-2-3-5-7(6)9/h9H,2-8H2,1H3;2-5H,9H2,1H3. The van der Waals surface area contributed by atoms with Gasteiger partial charge in [0.15, 0.2) is 0 Å². The predicted molar refractivity (Wildman–Crippen MR) is 86.3 cm³/mol. The van der Waals surface area contributed by atoms with E-state index in [2.05, 4.69) is 11.7 Å². The van der Waals surface area contributed by atoms with Crippen LogP contribution in [0.15, 0.2) is 24.3 Å². The summed E-state index contributed by atoms with van der Waals surface area (Å²) in [5, 5.41) is 0. The fourth-order valence-corrected chi connectivity index (χ4v) is 1.80. The Balaban J connectivity index is 0.000000384. The number of nitrogen functional groups attached to an aromatic ring is 1. The summed E-state index contributed by atoms with van der Waals surface area (Å²) in [6, 6.07) is 6.79. The quantitative estimate of drug-likeness (QED) is 0.340. The van der Waals surface area contributed by atoms with Gasteiger partial charge in [0.05, 0.1) is 12.7 Å². The van der Waals surface area contributed by atoms with Crippen molar-refractivity contribution in [2.75, 3.05) is 12.8 Å². The molecule has 0 saturated carbocycles. The first-order chi connectivity index (χ1) is 10.2. The molecule has 0 radical (unpaired) electrons. The zero-order chi connectivity index (χ0) is 15.9. The molecule has 0 fully saturated rings. The van der Waals surface area contributed by atoms with Crippen LogP contribution in [0.2, 0.25) is 0 Å². The van der Waals surface area contributed by atoms with Crippen LogP contribution in [0.4, 0.5) is 5.69 Å². The van der Waals surface area contributed by atoms with Crippen molar-refractivity contribution in [3.05, 3.63) is 29.8 Å². The third-order valence-corrected chi connectivity index (χ3v) is 3.04. The van der Waals surface area contributed by atoms with Gasteiger partial charge < -0.3 is 15.3 Å². The number of benzene rings is 1. The lowest BCUT2D eigenvalue weighted by Crippen LogP contribution is -2.04. The number of methoxy groups -OCH3 is 1. The normalized spacial score (nSPS) is 9.43. The number of ether oxygens (including phenoxy) is 1. The van der Waals surface area contributed by atoms with E-state index in [1.807, 2.05) is 0 Å². The second-order valence-corrected chi connectivity index (χ2v) is 4.80. The van der Waals surface area contributed by atoms with Crippen LogP contribution in [0.25, 0.3) is 0 Å². The lowest BCUT2D eigenvalue weighted by atomic mass is 10.1. The van der Waals surface area contributed by atoms with E-state index < -0.39 is 5.97 Å². The number of aldehydes is 1. The third-order valence-electron chi connectivity index (χ3n) is 3.04. The average molecular weight is 293 g/mol. The molecule has 0 amide bonds. The highest BCUT2D eigenvalue weighted by Gasteiger charge is 2.06. The Kier molecular flexibility index (Phi) is 12.0. The number of unbranched alkanes of at least 4 members (excludes halogenated alkanes) is 6. The van der Waals surface area contributed by atoms with Gasteiger partial charge in [0.2, 0.25) is 0 Å². The molecule has 0 aliphatic rings. The van der Waals surface area contributed by atoms with Gasteiger partial charge in [0, 0.05) is 12.1 Å². The van der Waals surface area contributed by atoms with Gasteiger partial charge in [-0.05, 0) is 18.6 Å². The Morgan fingerprint density at radius 2 is 1.76 bits per heavy atom. The first-order valence-corrected chi connectivity index (χ1v) is 7.53. The summed E-state index contributed by atoms with van der Waals surface area (Å²) in [7, 11) is 1.33. The van der Waals surface area contributed by atoms with E-state index in [-0.39, 0.29) is 0 Å². The van der Waals surface area contributed by atoms with E-state index in [0.29, 0.717) is 11.3 Å². The zero-order valence-corrected chi connectivity index (χ0v) is 13.1. The maximum Gasteiger partial charge on any atom is 0.339 e. The van der Waals surface area contributed by atoms with Gasteiger partial charge in [-0.2, -0.15) is 0 Å². The molecular weight excluding hydrogens is 266 g/mol. The number of anilines is 1. The summed E-state index contributed by atoms with van der Waals surface area (Å²) in [6.45, 7) is 2.21. The minimum atomic E-state index is -0.400. The zero-order valence-electron chi connectivity index (χ0n) is 13.1. The molecule has 0 bridgehead atoms. The molecule has 2 N–H and O–H groups in total. The van der Waals surface area contributed by atoms with E-state index in [4.69, 9.17) is 5.73 Å². The van der Waals surface area contributed by atoms with Gasteiger partial charge in [0.25, 0.3) is 0 Å². The number of rotatable bonds is 8. The predicted octanol–water partition coefficient (Wildman–Crippen LogP) is 3.99. The van der Waals surface area contributed by atoms with E-state index >= 15 is 0 Å². The molecule has 0 saturated heterocycles. The number of hydrogen-bond donors (Lipinski definition) is 1. The molecule has 0 aliphatic carbocycles. The number of carbonyl (C=O) groups is 2. The summed E-state index contributed by atoms with van der Waals surface area (Å²) < 4.78 is 4.50. The first kappa shape index (κ1) is 19.2. The number of nitrogens with two attached hydrogens (primary N) is 1. The van der Waals surface area contributed by atoms with Gasteiger partial charge in [-0.3, -0.25) is 0 Å². The highest BCUT2D eigenvalue weighted by molar-refractivity contribution is 5.94. The van der Waals surface area contributed by atoms with Crippen LogP contribution in [-0.4, -0.2) is 19.4 Å². The van der Waals surface area contributed by atoms with Crippen molar-refractivity contribution in [3.63, 3.8) is 0 Å². The molecule has 0 unspecified atom stereocenters. The monoisotopic (exact) mass is 293 g/mol. The largest absolute Gasteiger partial charge is 0.465 e. The Bertz CT molecular complexity index is 405. The molecule has 4 nitrogen and oxygen atoms in total. The van der Waals surface area contributed by atoms with Crippen LogP contribution < -0.4 is 5.73 Å². The molecule has 0 aromatic heterocycles. The van der Waals surface area contributed by atoms with E-state index in [1.54, 1.807) is 24.3 Å².